The minimum absolute atomic E-state index is 0.0728. The van der Waals surface area contributed by atoms with Crippen LogP contribution in [-0.4, -0.2) is 31.3 Å². The predicted octanol–water partition coefficient (Wildman–Crippen LogP) is 2.98. The monoisotopic (exact) mass is 267 g/mol. The first kappa shape index (κ1) is 14.1. The first-order chi connectivity index (χ1) is 9.10. The lowest BCUT2D eigenvalue weighted by molar-refractivity contribution is -0.108. The summed E-state index contributed by atoms with van der Waals surface area (Å²) in [5, 5.41) is 0. The van der Waals surface area contributed by atoms with Gasteiger partial charge in [0, 0.05) is 12.5 Å². The summed E-state index contributed by atoms with van der Waals surface area (Å²) >= 11 is 0. The molecule has 1 fully saturated rings. The van der Waals surface area contributed by atoms with Crippen LogP contribution >= 0.6 is 0 Å². The zero-order valence-electron chi connectivity index (χ0n) is 11.1. The van der Waals surface area contributed by atoms with E-state index in [0.717, 1.165) is 38.3 Å². The van der Waals surface area contributed by atoms with Gasteiger partial charge in [0.2, 0.25) is 0 Å². The fourth-order valence-corrected chi connectivity index (χ4v) is 2.92. The summed E-state index contributed by atoms with van der Waals surface area (Å²) in [5.74, 6) is -0.892. The summed E-state index contributed by atoms with van der Waals surface area (Å²) in [6, 6.07) is 3.58. The van der Waals surface area contributed by atoms with E-state index in [0.29, 0.717) is 17.9 Å². The molecule has 0 radical (unpaired) electrons. The molecule has 2 rings (SSSR count). The smallest absolute Gasteiger partial charge is 0.126 e. The number of benzene rings is 1. The molecule has 1 aliphatic rings. The average molecular weight is 267 g/mol. The number of carbonyl (C=O) groups excluding carboxylic acids is 1. The van der Waals surface area contributed by atoms with Crippen molar-refractivity contribution in [3.63, 3.8) is 0 Å². The summed E-state index contributed by atoms with van der Waals surface area (Å²) in [6.07, 6.45) is 3.11. The largest absolute Gasteiger partial charge is 0.306 e. The Morgan fingerprint density at radius 3 is 2.37 bits per heavy atom. The van der Waals surface area contributed by atoms with E-state index in [9.17, 15) is 13.6 Å². The van der Waals surface area contributed by atoms with Gasteiger partial charge in [0.15, 0.2) is 0 Å². The maximum absolute atomic E-state index is 13.3. The quantitative estimate of drug-likeness (QED) is 0.782. The van der Waals surface area contributed by atoms with Gasteiger partial charge in [-0.05, 0) is 62.5 Å². The molecule has 0 aromatic heterocycles. The van der Waals surface area contributed by atoms with Crippen LogP contribution in [0.5, 0.6) is 0 Å². The zero-order chi connectivity index (χ0) is 13.8. The summed E-state index contributed by atoms with van der Waals surface area (Å²) < 4.78 is 26.6. The number of hydrogen-bond donors (Lipinski definition) is 0. The molecule has 104 valence electrons. The van der Waals surface area contributed by atoms with Crippen LogP contribution in [0.25, 0.3) is 0 Å². The van der Waals surface area contributed by atoms with Gasteiger partial charge in [-0.15, -0.1) is 0 Å². The van der Waals surface area contributed by atoms with Gasteiger partial charge in [0.05, 0.1) is 0 Å². The van der Waals surface area contributed by atoms with Crippen molar-refractivity contribution in [2.24, 2.45) is 5.92 Å². The third-order valence-electron chi connectivity index (χ3n) is 4.00. The van der Waals surface area contributed by atoms with E-state index in [2.05, 4.69) is 11.9 Å². The Morgan fingerprint density at radius 1 is 1.26 bits per heavy atom. The Morgan fingerprint density at radius 2 is 1.84 bits per heavy atom. The lowest BCUT2D eigenvalue weighted by Gasteiger charge is -2.34. The Bertz CT molecular complexity index is 422. The number of nitrogens with zero attached hydrogens (tertiary/aromatic N) is 1. The van der Waals surface area contributed by atoms with E-state index >= 15 is 0 Å². The van der Waals surface area contributed by atoms with E-state index in [4.69, 9.17) is 0 Å². The van der Waals surface area contributed by atoms with Crippen LogP contribution in [0.2, 0.25) is 0 Å². The van der Waals surface area contributed by atoms with Gasteiger partial charge >= 0.3 is 0 Å². The van der Waals surface area contributed by atoms with Crippen LogP contribution in [0.15, 0.2) is 18.2 Å². The van der Waals surface area contributed by atoms with Crippen LogP contribution < -0.4 is 0 Å². The number of likely N-dealkylation sites (tertiary alicyclic amines) is 1. The van der Waals surface area contributed by atoms with Gasteiger partial charge in [-0.3, -0.25) is 0 Å². The van der Waals surface area contributed by atoms with Crippen LogP contribution in [0.1, 0.15) is 30.7 Å². The number of halogens is 2. The Labute approximate surface area is 112 Å². The van der Waals surface area contributed by atoms with Crippen molar-refractivity contribution in [2.45, 2.75) is 25.2 Å². The second kappa shape index (κ2) is 6.24. The van der Waals surface area contributed by atoms with E-state index < -0.39 is 11.6 Å². The van der Waals surface area contributed by atoms with Gasteiger partial charge < -0.3 is 9.69 Å². The molecule has 1 saturated heterocycles. The summed E-state index contributed by atoms with van der Waals surface area (Å²) in [4.78, 5) is 13.1. The summed E-state index contributed by atoms with van der Waals surface area (Å²) in [7, 11) is 2.06. The average Bonchev–Trinajstić information content (AvgIpc) is 2.36. The molecule has 0 unspecified atom stereocenters. The second-order valence-electron chi connectivity index (χ2n) is 5.35. The highest BCUT2D eigenvalue weighted by Gasteiger charge is 2.27. The summed E-state index contributed by atoms with van der Waals surface area (Å²) in [6.45, 7) is 1.94. The van der Waals surface area contributed by atoms with Crippen molar-refractivity contribution in [3.8, 4) is 0 Å². The van der Waals surface area contributed by atoms with E-state index in [1.54, 1.807) is 0 Å². The van der Waals surface area contributed by atoms with Crippen molar-refractivity contribution in [1.29, 1.82) is 0 Å². The van der Waals surface area contributed by atoms with Crippen LogP contribution in [-0.2, 0) is 4.79 Å². The van der Waals surface area contributed by atoms with Gasteiger partial charge in [-0.25, -0.2) is 8.78 Å². The van der Waals surface area contributed by atoms with Gasteiger partial charge in [0.25, 0.3) is 0 Å². The highest BCUT2D eigenvalue weighted by molar-refractivity contribution is 5.52. The van der Waals surface area contributed by atoms with Crippen molar-refractivity contribution in [1.82, 2.24) is 4.90 Å². The van der Waals surface area contributed by atoms with Crippen molar-refractivity contribution in [3.05, 3.63) is 35.4 Å². The highest BCUT2D eigenvalue weighted by atomic mass is 19.1. The Hall–Kier alpha value is -1.29. The maximum Gasteiger partial charge on any atom is 0.126 e. The van der Waals surface area contributed by atoms with Crippen molar-refractivity contribution >= 4 is 6.29 Å². The molecule has 1 aromatic carbocycles. The molecule has 1 heterocycles. The van der Waals surface area contributed by atoms with Gasteiger partial charge in [0.1, 0.15) is 17.9 Å². The first-order valence-corrected chi connectivity index (χ1v) is 6.68. The zero-order valence-corrected chi connectivity index (χ0v) is 11.1. The fourth-order valence-electron chi connectivity index (χ4n) is 2.92. The number of hydrogen-bond acceptors (Lipinski definition) is 2. The fraction of sp³-hybridized carbons (Fsp3) is 0.533. The molecule has 1 aromatic rings. The molecule has 19 heavy (non-hydrogen) atoms. The van der Waals surface area contributed by atoms with Gasteiger partial charge in [-0.1, -0.05) is 0 Å². The normalized spacial score (nSPS) is 19.3. The highest BCUT2D eigenvalue weighted by Crippen LogP contribution is 2.35. The van der Waals surface area contributed by atoms with E-state index in [1.807, 2.05) is 0 Å². The van der Waals surface area contributed by atoms with E-state index in [-0.39, 0.29) is 5.92 Å². The van der Waals surface area contributed by atoms with E-state index in [1.165, 1.54) is 12.1 Å². The molecule has 0 aliphatic carbocycles. The van der Waals surface area contributed by atoms with Crippen LogP contribution in [0.4, 0.5) is 8.78 Å². The molecular formula is C15H19F2NO. The number of carbonyl (C=O) groups is 1. The lowest BCUT2D eigenvalue weighted by Crippen LogP contribution is -2.33. The number of piperidine rings is 1. The lowest BCUT2D eigenvalue weighted by atomic mass is 9.78. The topological polar surface area (TPSA) is 20.3 Å². The minimum atomic E-state index is -0.571. The SMILES string of the molecule is CN1CCC([C@@H](CC=O)c2cc(F)cc(F)c2)CC1. The molecule has 0 spiro atoms. The minimum Gasteiger partial charge on any atom is -0.306 e. The molecule has 0 saturated carbocycles. The Kier molecular flexibility index (Phi) is 4.64. The van der Waals surface area contributed by atoms with Crippen molar-refractivity contribution < 1.29 is 13.6 Å². The molecule has 0 bridgehead atoms. The Balaban J connectivity index is 2.21. The molecule has 2 nitrogen and oxygen atoms in total. The predicted molar refractivity (Wildman–Crippen MR) is 70.0 cm³/mol. The molecule has 0 N–H and O–H groups in total. The van der Waals surface area contributed by atoms with Crippen molar-refractivity contribution in [2.75, 3.05) is 20.1 Å². The molecule has 0 amide bonds. The first-order valence-electron chi connectivity index (χ1n) is 6.68. The van der Waals surface area contributed by atoms with Gasteiger partial charge in [-0.2, -0.15) is 0 Å². The number of aldehydes is 1. The maximum atomic E-state index is 13.3. The number of rotatable bonds is 4. The van der Waals surface area contributed by atoms with Crippen LogP contribution in [0.3, 0.4) is 0 Å². The third-order valence-corrected chi connectivity index (χ3v) is 4.00. The second-order valence-corrected chi connectivity index (χ2v) is 5.35. The summed E-state index contributed by atoms with van der Waals surface area (Å²) in [5.41, 5.74) is 0.610. The molecular weight excluding hydrogens is 248 g/mol. The standard InChI is InChI=1S/C15H19F2NO/c1-18-5-2-11(3-6-18)15(4-7-19)12-8-13(16)10-14(17)9-12/h7-11,15H,2-6H2,1H3/t15-/m1/s1. The molecule has 1 aliphatic heterocycles. The van der Waals surface area contributed by atoms with Crippen LogP contribution in [0, 0.1) is 17.6 Å². The molecule has 1 atom stereocenters. The third kappa shape index (κ3) is 3.60. The molecule has 4 heteroatoms.